The van der Waals surface area contributed by atoms with Gasteiger partial charge in [-0.3, -0.25) is 9.59 Å². The van der Waals surface area contributed by atoms with Gasteiger partial charge in [0.05, 0.1) is 0 Å². The Balaban J connectivity index is 1.94. The highest BCUT2D eigenvalue weighted by Crippen LogP contribution is 2.10. The fourth-order valence-corrected chi connectivity index (χ4v) is 2.57. The Labute approximate surface area is 158 Å². The summed E-state index contributed by atoms with van der Waals surface area (Å²) in [5.74, 6) is 0.353. The van der Waals surface area contributed by atoms with Gasteiger partial charge in [0, 0.05) is 13.0 Å². The first-order valence-electron chi connectivity index (χ1n) is 9.92. The summed E-state index contributed by atoms with van der Waals surface area (Å²) in [5.41, 5.74) is 0. The molecule has 26 heavy (non-hydrogen) atoms. The molecule has 0 saturated heterocycles. The molecule has 4 heteroatoms. The number of hydrogen-bond donors (Lipinski definition) is 1. The molecule has 1 N–H and O–H groups in total. The first kappa shape index (κ1) is 21.9. The summed E-state index contributed by atoms with van der Waals surface area (Å²) >= 11 is 0. The molecule has 0 heterocycles. The maximum absolute atomic E-state index is 11.7. The van der Waals surface area contributed by atoms with Crippen molar-refractivity contribution in [1.82, 2.24) is 5.32 Å². The summed E-state index contributed by atoms with van der Waals surface area (Å²) in [6.45, 7) is 2.86. The quantitative estimate of drug-likeness (QED) is 0.215. The molecular formula is C22H33NO3. The van der Waals surface area contributed by atoms with Gasteiger partial charge in [-0.1, -0.05) is 63.3 Å². The summed E-state index contributed by atoms with van der Waals surface area (Å²) in [5, 5.41) is 2.88. The van der Waals surface area contributed by atoms with Crippen molar-refractivity contribution >= 4 is 11.9 Å². The summed E-state index contributed by atoms with van der Waals surface area (Å²) in [7, 11) is 0. The largest absolute Gasteiger partial charge is 0.427 e. The van der Waals surface area contributed by atoms with Crippen LogP contribution in [0, 0.1) is 0 Å². The van der Waals surface area contributed by atoms with Crippen molar-refractivity contribution in [2.24, 2.45) is 0 Å². The van der Waals surface area contributed by atoms with Gasteiger partial charge >= 0.3 is 5.97 Å². The molecule has 0 aliphatic heterocycles. The number of allylic oxidation sites excluding steroid dienone is 1. The second-order valence-electron chi connectivity index (χ2n) is 6.49. The molecule has 0 fully saturated rings. The molecule has 0 unspecified atom stereocenters. The molecule has 0 bridgehead atoms. The van der Waals surface area contributed by atoms with Crippen molar-refractivity contribution in [3.05, 3.63) is 42.5 Å². The Morgan fingerprint density at radius 1 is 0.962 bits per heavy atom. The topological polar surface area (TPSA) is 55.4 Å². The van der Waals surface area contributed by atoms with E-state index in [1.54, 1.807) is 18.2 Å². The molecule has 144 valence electrons. The highest BCUT2D eigenvalue weighted by atomic mass is 16.5. The molecule has 0 aromatic heterocycles. The van der Waals surface area contributed by atoms with Crippen LogP contribution in [0.25, 0.3) is 0 Å². The molecule has 1 aromatic rings. The molecule has 1 rings (SSSR count). The van der Waals surface area contributed by atoms with Crippen LogP contribution in [0.4, 0.5) is 0 Å². The predicted octanol–water partition coefficient (Wildman–Crippen LogP) is 5.19. The standard InChI is InChI=1S/C22H33NO3/c1-2-3-4-5-6-7-12-17-21(24)23-19-14-9-13-18-22(25)26-20-15-10-8-11-16-20/h8,10-12,15-17H,2-7,9,13-14,18-19H2,1H3,(H,23,24). The lowest BCUT2D eigenvalue weighted by atomic mass is 10.1. The van der Waals surface area contributed by atoms with Gasteiger partial charge in [0.1, 0.15) is 5.75 Å². The van der Waals surface area contributed by atoms with Crippen LogP contribution < -0.4 is 10.1 Å². The lowest BCUT2D eigenvalue weighted by molar-refractivity contribution is -0.134. The van der Waals surface area contributed by atoms with E-state index in [1.165, 1.54) is 25.7 Å². The smallest absolute Gasteiger partial charge is 0.311 e. The van der Waals surface area contributed by atoms with E-state index in [0.717, 1.165) is 32.1 Å². The Hall–Kier alpha value is -2.10. The molecule has 0 atom stereocenters. The maximum atomic E-state index is 11.7. The molecular weight excluding hydrogens is 326 g/mol. The number of carbonyl (C=O) groups excluding carboxylic acids is 2. The number of ether oxygens (including phenoxy) is 1. The molecule has 0 aliphatic rings. The van der Waals surface area contributed by atoms with Gasteiger partial charge in [-0.2, -0.15) is 0 Å². The first-order valence-corrected chi connectivity index (χ1v) is 9.92. The molecule has 0 spiro atoms. The van der Waals surface area contributed by atoms with Gasteiger partial charge in [0.2, 0.25) is 5.91 Å². The third kappa shape index (κ3) is 12.3. The number of unbranched alkanes of at least 4 members (excludes halogenated alkanes) is 7. The van der Waals surface area contributed by atoms with Crippen molar-refractivity contribution in [2.75, 3.05) is 6.54 Å². The molecule has 0 saturated carbocycles. The number of hydrogen-bond acceptors (Lipinski definition) is 3. The van der Waals surface area contributed by atoms with Crippen molar-refractivity contribution in [3.8, 4) is 5.75 Å². The van der Waals surface area contributed by atoms with Gasteiger partial charge < -0.3 is 10.1 Å². The van der Waals surface area contributed by atoms with Crippen LogP contribution in [-0.4, -0.2) is 18.4 Å². The minimum Gasteiger partial charge on any atom is -0.427 e. The van der Waals surface area contributed by atoms with Gasteiger partial charge in [-0.05, 0) is 43.9 Å². The SMILES string of the molecule is CCCCCCCC=CC(=O)NCCCCCC(=O)Oc1ccccc1. The molecule has 0 aliphatic carbocycles. The number of nitrogens with one attached hydrogen (secondary N) is 1. The van der Waals surface area contributed by atoms with Crippen LogP contribution in [0.3, 0.4) is 0 Å². The number of rotatable bonds is 14. The molecule has 1 aromatic carbocycles. The zero-order valence-electron chi connectivity index (χ0n) is 16.0. The monoisotopic (exact) mass is 359 g/mol. The van der Waals surface area contributed by atoms with Crippen LogP contribution in [0.2, 0.25) is 0 Å². The van der Waals surface area contributed by atoms with Crippen LogP contribution in [0.15, 0.2) is 42.5 Å². The van der Waals surface area contributed by atoms with Crippen molar-refractivity contribution < 1.29 is 14.3 Å². The number of benzene rings is 1. The summed E-state index contributed by atoms with van der Waals surface area (Å²) < 4.78 is 5.23. The number of amides is 1. The van der Waals surface area contributed by atoms with Crippen LogP contribution in [-0.2, 0) is 9.59 Å². The first-order chi connectivity index (χ1) is 12.7. The predicted molar refractivity (Wildman–Crippen MR) is 106 cm³/mol. The van der Waals surface area contributed by atoms with E-state index in [1.807, 2.05) is 24.3 Å². The highest BCUT2D eigenvalue weighted by Gasteiger charge is 2.04. The van der Waals surface area contributed by atoms with E-state index >= 15 is 0 Å². The highest BCUT2D eigenvalue weighted by molar-refractivity contribution is 5.87. The third-order valence-corrected chi connectivity index (χ3v) is 4.08. The van der Waals surface area contributed by atoms with E-state index in [2.05, 4.69) is 12.2 Å². The van der Waals surface area contributed by atoms with Gasteiger partial charge in [-0.15, -0.1) is 0 Å². The van der Waals surface area contributed by atoms with E-state index < -0.39 is 0 Å². The fourth-order valence-electron chi connectivity index (χ4n) is 2.57. The Morgan fingerprint density at radius 2 is 1.69 bits per heavy atom. The number of esters is 1. The maximum Gasteiger partial charge on any atom is 0.311 e. The van der Waals surface area contributed by atoms with E-state index in [9.17, 15) is 9.59 Å². The normalized spacial score (nSPS) is 10.8. The molecule has 4 nitrogen and oxygen atoms in total. The second-order valence-corrected chi connectivity index (χ2v) is 6.49. The van der Waals surface area contributed by atoms with Crippen LogP contribution in [0.1, 0.15) is 71.1 Å². The van der Waals surface area contributed by atoms with Crippen molar-refractivity contribution in [2.45, 2.75) is 71.1 Å². The zero-order valence-corrected chi connectivity index (χ0v) is 16.0. The average molecular weight is 360 g/mol. The van der Waals surface area contributed by atoms with Crippen molar-refractivity contribution in [1.29, 1.82) is 0 Å². The van der Waals surface area contributed by atoms with Crippen molar-refractivity contribution in [3.63, 3.8) is 0 Å². The minimum atomic E-state index is -0.206. The Morgan fingerprint density at radius 3 is 2.46 bits per heavy atom. The van der Waals surface area contributed by atoms with E-state index in [4.69, 9.17) is 4.74 Å². The molecule has 0 radical (unpaired) electrons. The van der Waals surface area contributed by atoms with Gasteiger partial charge in [0.15, 0.2) is 0 Å². The van der Waals surface area contributed by atoms with E-state index in [0.29, 0.717) is 18.7 Å². The second kappa shape index (κ2) is 15.2. The van der Waals surface area contributed by atoms with Gasteiger partial charge in [-0.25, -0.2) is 0 Å². The Kier molecular flexibility index (Phi) is 12.8. The number of carbonyl (C=O) groups is 2. The summed E-state index contributed by atoms with van der Waals surface area (Å²) in [4.78, 5) is 23.3. The number of para-hydroxylation sites is 1. The van der Waals surface area contributed by atoms with Crippen LogP contribution >= 0.6 is 0 Å². The fraction of sp³-hybridized carbons (Fsp3) is 0.545. The lowest BCUT2D eigenvalue weighted by Crippen LogP contribution is -2.22. The van der Waals surface area contributed by atoms with Crippen LogP contribution in [0.5, 0.6) is 5.75 Å². The lowest BCUT2D eigenvalue weighted by Gasteiger charge is -2.04. The molecule has 1 amide bonds. The van der Waals surface area contributed by atoms with E-state index in [-0.39, 0.29) is 11.9 Å². The summed E-state index contributed by atoms with van der Waals surface area (Å²) in [6.07, 6.45) is 13.8. The van der Waals surface area contributed by atoms with Gasteiger partial charge in [0.25, 0.3) is 0 Å². The zero-order chi connectivity index (χ0) is 18.9. The Bertz CT molecular complexity index is 525. The summed E-state index contributed by atoms with van der Waals surface area (Å²) in [6, 6.07) is 9.10. The third-order valence-electron chi connectivity index (χ3n) is 4.08. The minimum absolute atomic E-state index is 0.0259. The average Bonchev–Trinajstić information content (AvgIpc) is 2.64.